The van der Waals surface area contributed by atoms with Gasteiger partial charge in [-0.25, -0.2) is 4.39 Å². The quantitative estimate of drug-likeness (QED) is 0.721. The zero-order valence-electron chi connectivity index (χ0n) is 14.9. The minimum absolute atomic E-state index is 0.0144. The van der Waals surface area contributed by atoms with Crippen molar-refractivity contribution in [2.75, 3.05) is 10.6 Å². The molecule has 1 aromatic carbocycles. The van der Waals surface area contributed by atoms with Crippen molar-refractivity contribution in [2.45, 2.75) is 45.8 Å². The predicted octanol–water partition coefficient (Wildman–Crippen LogP) is 4.90. The second-order valence-electron chi connectivity index (χ2n) is 6.21. The fourth-order valence-electron chi connectivity index (χ4n) is 2.09. The lowest BCUT2D eigenvalue weighted by Crippen LogP contribution is -2.21. The van der Waals surface area contributed by atoms with Crippen LogP contribution in [0.25, 0.3) is 0 Å². The summed E-state index contributed by atoms with van der Waals surface area (Å²) in [5.41, 5.74) is -1.07. The molecule has 0 fully saturated rings. The third-order valence-corrected chi connectivity index (χ3v) is 4.09. The SMILES string of the molecule is CCC(=O)Nc1nc(NC(C)c2cc(Cl)ccc2Cl)nc(C(C)(C)F)n1. The summed E-state index contributed by atoms with van der Waals surface area (Å²) in [5.74, 6) is -0.267. The lowest BCUT2D eigenvalue weighted by molar-refractivity contribution is -0.115. The van der Waals surface area contributed by atoms with E-state index in [1.54, 1.807) is 25.1 Å². The maximum absolute atomic E-state index is 14.3. The van der Waals surface area contributed by atoms with Gasteiger partial charge in [-0.3, -0.25) is 10.1 Å². The van der Waals surface area contributed by atoms with E-state index in [2.05, 4.69) is 25.6 Å². The Kier molecular flexibility index (Phi) is 6.36. The van der Waals surface area contributed by atoms with Gasteiger partial charge in [-0.1, -0.05) is 30.1 Å². The molecule has 1 aromatic heterocycles. The van der Waals surface area contributed by atoms with Gasteiger partial charge in [0.15, 0.2) is 11.5 Å². The van der Waals surface area contributed by atoms with Crippen LogP contribution in [0.4, 0.5) is 16.3 Å². The number of amides is 1. The molecule has 6 nitrogen and oxygen atoms in total. The first-order valence-electron chi connectivity index (χ1n) is 8.07. The van der Waals surface area contributed by atoms with Crippen molar-refractivity contribution in [1.82, 2.24) is 15.0 Å². The molecular formula is C17H20Cl2FN5O. The van der Waals surface area contributed by atoms with Gasteiger partial charge >= 0.3 is 0 Å². The average Bonchev–Trinajstić information content (AvgIpc) is 2.55. The first-order chi connectivity index (χ1) is 12.1. The fourth-order valence-corrected chi connectivity index (χ4v) is 2.55. The number of nitrogens with zero attached hydrogens (tertiary/aromatic N) is 3. The summed E-state index contributed by atoms with van der Waals surface area (Å²) in [6.45, 7) is 6.19. The normalized spacial score (nSPS) is 12.6. The lowest BCUT2D eigenvalue weighted by Gasteiger charge is -2.19. The molecule has 2 aromatic rings. The number of halogens is 3. The number of benzene rings is 1. The Labute approximate surface area is 161 Å². The second kappa shape index (κ2) is 8.14. The average molecular weight is 400 g/mol. The van der Waals surface area contributed by atoms with E-state index in [-0.39, 0.29) is 36.1 Å². The number of carbonyl (C=O) groups excluding carboxylic acids is 1. The summed E-state index contributed by atoms with van der Waals surface area (Å²) < 4.78 is 14.3. The van der Waals surface area contributed by atoms with Crippen molar-refractivity contribution < 1.29 is 9.18 Å². The van der Waals surface area contributed by atoms with Gasteiger partial charge in [0.25, 0.3) is 0 Å². The van der Waals surface area contributed by atoms with Crippen molar-refractivity contribution in [3.63, 3.8) is 0 Å². The highest BCUT2D eigenvalue weighted by atomic mass is 35.5. The third kappa shape index (κ3) is 5.25. The van der Waals surface area contributed by atoms with Crippen LogP contribution in [0.15, 0.2) is 18.2 Å². The Morgan fingerprint density at radius 2 is 1.88 bits per heavy atom. The van der Waals surface area contributed by atoms with E-state index in [1.807, 2.05) is 6.92 Å². The zero-order chi connectivity index (χ0) is 19.5. The number of hydrogen-bond donors (Lipinski definition) is 2. The summed E-state index contributed by atoms with van der Waals surface area (Å²) in [5, 5.41) is 6.63. The maximum Gasteiger partial charge on any atom is 0.234 e. The van der Waals surface area contributed by atoms with E-state index in [9.17, 15) is 9.18 Å². The van der Waals surface area contributed by atoms with Gasteiger partial charge in [-0.05, 0) is 44.5 Å². The highest BCUT2D eigenvalue weighted by Gasteiger charge is 2.25. The van der Waals surface area contributed by atoms with Gasteiger partial charge in [-0.15, -0.1) is 0 Å². The Bertz CT molecular complexity index is 810. The van der Waals surface area contributed by atoms with Crippen LogP contribution in [0.3, 0.4) is 0 Å². The number of anilines is 2. The molecule has 1 heterocycles. The van der Waals surface area contributed by atoms with Crippen LogP contribution < -0.4 is 10.6 Å². The van der Waals surface area contributed by atoms with Crippen LogP contribution in [-0.4, -0.2) is 20.9 Å². The molecule has 1 atom stereocenters. The van der Waals surface area contributed by atoms with Gasteiger partial charge < -0.3 is 5.32 Å². The van der Waals surface area contributed by atoms with E-state index in [0.717, 1.165) is 5.56 Å². The molecule has 0 saturated carbocycles. The summed E-state index contributed by atoms with van der Waals surface area (Å²) in [4.78, 5) is 23.9. The zero-order valence-corrected chi connectivity index (χ0v) is 16.4. The molecule has 1 unspecified atom stereocenters. The standard InChI is InChI=1S/C17H20Cl2FN5O/c1-5-13(26)22-16-24-14(17(3,4)20)23-15(25-16)21-9(2)11-8-10(18)6-7-12(11)19/h6-9H,5H2,1-4H3,(H2,21,22,23,24,25,26). The maximum atomic E-state index is 14.3. The van der Waals surface area contributed by atoms with Gasteiger partial charge in [0, 0.05) is 16.5 Å². The summed E-state index contributed by atoms with van der Waals surface area (Å²) >= 11 is 12.2. The molecule has 2 rings (SSSR count). The Morgan fingerprint density at radius 3 is 2.50 bits per heavy atom. The number of aromatic nitrogens is 3. The lowest BCUT2D eigenvalue weighted by atomic mass is 10.1. The molecule has 1 amide bonds. The van der Waals surface area contributed by atoms with E-state index in [0.29, 0.717) is 10.0 Å². The third-order valence-electron chi connectivity index (χ3n) is 3.51. The molecule has 9 heteroatoms. The summed E-state index contributed by atoms with van der Waals surface area (Å²) in [6, 6.07) is 4.79. The molecule has 0 bridgehead atoms. The van der Waals surface area contributed by atoms with Gasteiger partial charge in [-0.2, -0.15) is 15.0 Å². The highest BCUT2D eigenvalue weighted by molar-refractivity contribution is 6.33. The summed E-state index contributed by atoms with van der Waals surface area (Å²) in [6.07, 6.45) is 0.247. The molecule has 0 spiro atoms. The smallest absolute Gasteiger partial charge is 0.234 e. The molecule has 140 valence electrons. The molecule has 2 N–H and O–H groups in total. The van der Waals surface area contributed by atoms with Crippen LogP contribution in [-0.2, 0) is 10.5 Å². The molecule has 0 radical (unpaired) electrons. The Morgan fingerprint density at radius 1 is 1.23 bits per heavy atom. The number of hydrogen-bond acceptors (Lipinski definition) is 5. The Balaban J connectivity index is 2.36. The minimum Gasteiger partial charge on any atom is -0.347 e. The van der Waals surface area contributed by atoms with Crippen molar-refractivity contribution in [1.29, 1.82) is 0 Å². The van der Waals surface area contributed by atoms with Crippen LogP contribution in [0.1, 0.15) is 51.5 Å². The van der Waals surface area contributed by atoms with E-state index in [4.69, 9.17) is 23.2 Å². The molecule has 26 heavy (non-hydrogen) atoms. The fraction of sp³-hybridized carbons (Fsp3) is 0.412. The Hall–Kier alpha value is -1.99. The van der Waals surface area contributed by atoms with E-state index < -0.39 is 5.67 Å². The second-order valence-corrected chi connectivity index (χ2v) is 7.06. The van der Waals surface area contributed by atoms with Crippen LogP contribution >= 0.6 is 23.2 Å². The molecule has 0 saturated heterocycles. The topological polar surface area (TPSA) is 79.8 Å². The molecule has 0 aliphatic carbocycles. The highest BCUT2D eigenvalue weighted by Crippen LogP contribution is 2.29. The van der Waals surface area contributed by atoms with Crippen molar-refractivity contribution >= 4 is 41.0 Å². The number of nitrogens with one attached hydrogen (secondary N) is 2. The van der Waals surface area contributed by atoms with Gasteiger partial charge in [0.2, 0.25) is 17.8 Å². The molecule has 0 aliphatic heterocycles. The van der Waals surface area contributed by atoms with Crippen LogP contribution in [0, 0.1) is 0 Å². The first-order valence-corrected chi connectivity index (χ1v) is 8.82. The van der Waals surface area contributed by atoms with Crippen LogP contribution in [0.2, 0.25) is 10.0 Å². The largest absolute Gasteiger partial charge is 0.347 e. The molecule has 0 aliphatic rings. The van der Waals surface area contributed by atoms with Gasteiger partial charge in [0.1, 0.15) is 0 Å². The number of carbonyl (C=O) groups is 1. The van der Waals surface area contributed by atoms with Gasteiger partial charge in [0.05, 0.1) is 6.04 Å². The van der Waals surface area contributed by atoms with Crippen LogP contribution in [0.5, 0.6) is 0 Å². The first kappa shape index (κ1) is 20.3. The van der Waals surface area contributed by atoms with E-state index in [1.165, 1.54) is 13.8 Å². The number of alkyl halides is 1. The van der Waals surface area contributed by atoms with Crippen molar-refractivity contribution in [2.24, 2.45) is 0 Å². The summed E-state index contributed by atoms with van der Waals surface area (Å²) in [7, 11) is 0. The minimum atomic E-state index is -1.80. The monoisotopic (exact) mass is 399 g/mol. The molecular weight excluding hydrogens is 380 g/mol. The van der Waals surface area contributed by atoms with E-state index >= 15 is 0 Å². The van der Waals surface area contributed by atoms with Crippen molar-refractivity contribution in [3.05, 3.63) is 39.6 Å². The number of rotatable bonds is 6. The predicted molar refractivity (Wildman–Crippen MR) is 101 cm³/mol. The van der Waals surface area contributed by atoms with Crippen molar-refractivity contribution in [3.8, 4) is 0 Å².